The van der Waals surface area contributed by atoms with Crippen LogP contribution >= 0.6 is 0 Å². The fourth-order valence-corrected chi connectivity index (χ4v) is 3.01. The van der Waals surface area contributed by atoms with Crippen molar-refractivity contribution in [1.82, 2.24) is 0 Å². The van der Waals surface area contributed by atoms with Crippen molar-refractivity contribution in [1.29, 1.82) is 5.26 Å². The topological polar surface area (TPSA) is 45.0 Å². The van der Waals surface area contributed by atoms with Gasteiger partial charge in [0.15, 0.2) is 0 Å². The molecule has 1 aliphatic carbocycles. The molecule has 1 unspecified atom stereocenters. The molecule has 3 rings (SSSR count). The maximum Gasteiger partial charge on any atom is 0.141 e. The summed E-state index contributed by atoms with van der Waals surface area (Å²) in [6.07, 6.45) is 5.52. The molecule has 2 aliphatic rings. The lowest BCUT2D eigenvalue weighted by Crippen LogP contribution is -2.49. The van der Waals surface area contributed by atoms with E-state index < -0.39 is 5.82 Å². The van der Waals surface area contributed by atoms with Crippen LogP contribution in [0.4, 0.5) is 10.1 Å². The Morgan fingerprint density at radius 1 is 1.42 bits per heavy atom. The minimum absolute atomic E-state index is 0.0913. The average Bonchev–Trinajstić information content (AvgIpc) is 2.39. The van der Waals surface area contributed by atoms with Crippen LogP contribution in [0.1, 0.15) is 37.7 Å². The van der Waals surface area contributed by atoms with Crippen molar-refractivity contribution in [3.8, 4) is 6.07 Å². The number of ether oxygens (including phenoxy) is 1. The molecule has 1 N–H and O–H groups in total. The van der Waals surface area contributed by atoms with Crippen LogP contribution in [0.25, 0.3) is 0 Å². The van der Waals surface area contributed by atoms with Gasteiger partial charge in [-0.3, -0.25) is 0 Å². The lowest BCUT2D eigenvalue weighted by atomic mass is 9.74. The molecule has 100 valence electrons. The zero-order valence-corrected chi connectivity index (χ0v) is 10.8. The second-order valence-electron chi connectivity index (χ2n) is 5.53. The van der Waals surface area contributed by atoms with Gasteiger partial charge in [0.2, 0.25) is 0 Å². The van der Waals surface area contributed by atoms with E-state index in [9.17, 15) is 4.39 Å². The Balaban J connectivity index is 1.69. The van der Waals surface area contributed by atoms with Gasteiger partial charge in [0.25, 0.3) is 0 Å². The molecule has 1 spiro atoms. The molecular formula is C15H17FN2O. The van der Waals surface area contributed by atoms with Crippen LogP contribution in [0.15, 0.2) is 18.2 Å². The molecular weight excluding hydrogens is 243 g/mol. The minimum Gasteiger partial charge on any atom is -0.382 e. The molecule has 0 radical (unpaired) electrons. The predicted octanol–water partition coefficient (Wildman–Crippen LogP) is 3.21. The maximum absolute atomic E-state index is 13.3. The van der Waals surface area contributed by atoms with Crippen LogP contribution in [0.5, 0.6) is 0 Å². The van der Waals surface area contributed by atoms with Crippen LogP contribution in [-0.2, 0) is 4.74 Å². The minimum atomic E-state index is -0.463. The quantitative estimate of drug-likeness (QED) is 0.888. The van der Waals surface area contributed by atoms with Gasteiger partial charge in [0.05, 0.1) is 11.2 Å². The number of hydrogen-bond donors (Lipinski definition) is 1. The summed E-state index contributed by atoms with van der Waals surface area (Å²) in [6.45, 7) is 0.782. The van der Waals surface area contributed by atoms with Gasteiger partial charge in [-0.15, -0.1) is 0 Å². The largest absolute Gasteiger partial charge is 0.382 e. The maximum atomic E-state index is 13.3. The lowest BCUT2D eigenvalue weighted by Gasteiger charge is -2.47. The van der Waals surface area contributed by atoms with Crippen LogP contribution in [0.2, 0.25) is 0 Å². The molecule has 1 atom stereocenters. The molecule has 4 heteroatoms. The van der Waals surface area contributed by atoms with Gasteiger partial charge in [-0.25, -0.2) is 4.39 Å². The third-order valence-electron chi connectivity index (χ3n) is 4.22. The van der Waals surface area contributed by atoms with Crippen molar-refractivity contribution in [3.63, 3.8) is 0 Å². The molecule has 1 aliphatic heterocycles. The van der Waals surface area contributed by atoms with Gasteiger partial charge in [0, 0.05) is 18.3 Å². The van der Waals surface area contributed by atoms with Gasteiger partial charge < -0.3 is 10.1 Å². The number of benzene rings is 1. The zero-order chi connectivity index (χ0) is 13.3. The van der Waals surface area contributed by atoms with Crippen molar-refractivity contribution in [2.24, 2.45) is 0 Å². The van der Waals surface area contributed by atoms with E-state index in [1.54, 1.807) is 12.1 Å². The molecule has 0 amide bonds. The van der Waals surface area contributed by atoms with Gasteiger partial charge in [-0.1, -0.05) is 0 Å². The summed E-state index contributed by atoms with van der Waals surface area (Å²) in [7, 11) is 0. The Morgan fingerprint density at radius 3 is 2.95 bits per heavy atom. The Morgan fingerprint density at radius 2 is 2.26 bits per heavy atom. The third kappa shape index (κ3) is 2.43. The van der Waals surface area contributed by atoms with E-state index in [0.29, 0.717) is 6.04 Å². The first-order valence-corrected chi connectivity index (χ1v) is 6.81. The number of nitriles is 1. The number of nitrogens with one attached hydrogen (secondary N) is 1. The van der Waals surface area contributed by atoms with Gasteiger partial charge >= 0.3 is 0 Å². The summed E-state index contributed by atoms with van der Waals surface area (Å²) in [5.41, 5.74) is 1.00. The van der Waals surface area contributed by atoms with E-state index in [2.05, 4.69) is 5.32 Å². The number of rotatable bonds is 2. The molecule has 1 aromatic rings. The van der Waals surface area contributed by atoms with Crippen LogP contribution in [0, 0.1) is 17.1 Å². The molecule has 1 heterocycles. The highest BCUT2D eigenvalue weighted by Gasteiger charge is 2.42. The highest BCUT2D eigenvalue weighted by molar-refractivity contribution is 5.50. The van der Waals surface area contributed by atoms with E-state index >= 15 is 0 Å². The summed E-state index contributed by atoms with van der Waals surface area (Å²) in [4.78, 5) is 0. The highest BCUT2D eigenvalue weighted by Crippen LogP contribution is 2.42. The van der Waals surface area contributed by atoms with E-state index in [0.717, 1.165) is 38.0 Å². The van der Waals surface area contributed by atoms with E-state index in [4.69, 9.17) is 10.00 Å². The molecule has 19 heavy (non-hydrogen) atoms. The normalized spacial score (nSPS) is 24.5. The number of nitrogens with zero attached hydrogens (tertiary/aromatic N) is 1. The van der Waals surface area contributed by atoms with Gasteiger partial charge in [0.1, 0.15) is 11.9 Å². The van der Waals surface area contributed by atoms with Crippen LogP contribution in [-0.4, -0.2) is 18.2 Å². The van der Waals surface area contributed by atoms with Gasteiger partial charge in [-0.05, 0) is 50.3 Å². The average molecular weight is 260 g/mol. The third-order valence-corrected chi connectivity index (χ3v) is 4.22. The monoisotopic (exact) mass is 260 g/mol. The van der Waals surface area contributed by atoms with E-state index in [1.165, 1.54) is 12.5 Å². The van der Waals surface area contributed by atoms with Crippen LogP contribution < -0.4 is 5.32 Å². The summed E-state index contributed by atoms with van der Waals surface area (Å²) >= 11 is 0. The SMILES string of the molecule is N#Cc1cc(NC2CCOC3(CCC3)C2)ccc1F. The summed E-state index contributed by atoms with van der Waals surface area (Å²) in [6, 6.07) is 6.85. The Bertz CT molecular complexity index is 519. The molecule has 1 saturated heterocycles. The second kappa shape index (κ2) is 4.82. The lowest BCUT2D eigenvalue weighted by molar-refractivity contribution is -0.130. The van der Waals surface area contributed by atoms with Crippen molar-refractivity contribution in [2.75, 3.05) is 11.9 Å². The standard InChI is InChI=1S/C15H17FN2O/c16-14-3-2-12(8-11(14)10-17)18-13-4-7-19-15(9-13)5-1-6-15/h2-3,8,13,18H,1,4-7,9H2. The number of hydrogen-bond acceptors (Lipinski definition) is 3. The fourth-order valence-electron chi connectivity index (χ4n) is 3.01. The first-order chi connectivity index (χ1) is 9.21. The Labute approximate surface area is 112 Å². The summed E-state index contributed by atoms with van der Waals surface area (Å²) in [5.74, 6) is -0.463. The summed E-state index contributed by atoms with van der Waals surface area (Å²) < 4.78 is 19.1. The molecule has 1 aromatic carbocycles. The molecule has 1 saturated carbocycles. The van der Waals surface area contributed by atoms with Gasteiger partial charge in [-0.2, -0.15) is 5.26 Å². The molecule has 0 aromatic heterocycles. The predicted molar refractivity (Wildman–Crippen MR) is 70.3 cm³/mol. The fraction of sp³-hybridized carbons (Fsp3) is 0.533. The zero-order valence-electron chi connectivity index (χ0n) is 10.8. The van der Waals surface area contributed by atoms with Crippen LogP contribution in [0.3, 0.4) is 0 Å². The van der Waals surface area contributed by atoms with E-state index in [1.807, 2.05) is 6.07 Å². The van der Waals surface area contributed by atoms with Crippen molar-refractivity contribution in [2.45, 2.75) is 43.7 Å². The van der Waals surface area contributed by atoms with Crippen molar-refractivity contribution >= 4 is 5.69 Å². The molecule has 2 fully saturated rings. The van der Waals surface area contributed by atoms with Crippen molar-refractivity contribution < 1.29 is 9.13 Å². The second-order valence-corrected chi connectivity index (χ2v) is 5.53. The molecule has 3 nitrogen and oxygen atoms in total. The first-order valence-electron chi connectivity index (χ1n) is 6.81. The first kappa shape index (κ1) is 12.4. The summed E-state index contributed by atoms with van der Waals surface area (Å²) in [5, 5.41) is 12.2. The molecule has 0 bridgehead atoms. The highest BCUT2D eigenvalue weighted by atomic mass is 19.1. The Kier molecular flexibility index (Phi) is 3.16. The number of anilines is 1. The van der Waals surface area contributed by atoms with E-state index in [-0.39, 0.29) is 11.2 Å². The van der Waals surface area contributed by atoms with Crippen molar-refractivity contribution in [3.05, 3.63) is 29.6 Å². The number of halogens is 1. The Hall–Kier alpha value is -1.60. The smallest absolute Gasteiger partial charge is 0.141 e.